The summed E-state index contributed by atoms with van der Waals surface area (Å²) in [5.74, 6) is -0.577. The zero-order valence-electron chi connectivity index (χ0n) is 12.7. The first-order valence-electron chi connectivity index (χ1n) is 6.72. The van der Waals surface area contributed by atoms with Crippen LogP contribution >= 0.6 is 0 Å². The Balaban J connectivity index is 3.06. The van der Waals surface area contributed by atoms with Crippen LogP contribution in [0.2, 0.25) is 0 Å². The summed E-state index contributed by atoms with van der Waals surface area (Å²) < 4.78 is 10.2. The van der Waals surface area contributed by atoms with Crippen molar-refractivity contribution in [3.8, 4) is 11.5 Å². The number of carbonyl (C=O) groups is 2. The number of hydrogen-bond donors (Lipinski definition) is 2. The first kappa shape index (κ1) is 16.8. The standard InChI is InChI=1S/C15H21NO5/c1-5-15(6-2,14(18)19)16-13(17)10-7-8-11(20-3)12(9-10)21-4/h7-9H,5-6H2,1-4H3,(H,16,17)(H,18,19). The van der Waals surface area contributed by atoms with E-state index in [1.54, 1.807) is 26.0 Å². The average Bonchev–Trinajstić information content (AvgIpc) is 2.51. The Kier molecular flexibility index (Phi) is 5.58. The predicted molar refractivity (Wildman–Crippen MR) is 78.0 cm³/mol. The number of carboxylic acid groups (broad SMARTS) is 1. The summed E-state index contributed by atoms with van der Waals surface area (Å²) in [6.45, 7) is 3.46. The highest BCUT2D eigenvalue weighted by atomic mass is 16.5. The van der Waals surface area contributed by atoms with Crippen LogP contribution in [0, 0.1) is 0 Å². The van der Waals surface area contributed by atoms with Gasteiger partial charge in [0, 0.05) is 5.56 Å². The Morgan fingerprint density at radius 2 is 1.71 bits per heavy atom. The molecule has 0 fully saturated rings. The van der Waals surface area contributed by atoms with Crippen molar-refractivity contribution in [2.45, 2.75) is 32.2 Å². The Hall–Kier alpha value is -2.24. The van der Waals surface area contributed by atoms with Gasteiger partial charge in [-0.1, -0.05) is 13.8 Å². The maximum atomic E-state index is 12.3. The van der Waals surface area contributed by atoms with E-state index in [1.165, 1.54) is 20.3 Å². The summed E-state index contributed by atoms with van der Waals surface area (Å²) >= 11 is 0. The van der Waals surface area contributed by atoms with Gasteiger partial charge in [0.05, 0.1) is 14.2 Å². The van der Waals surface area contributed by atoms with Gasteiger partial charge in [0.25, 0.3) is 5.91 Å². The number of ether oxygens (including phenoxy) is 2. The molecule has 0 radical (unpaired) electrons. The molecular formula is C15H21NO5. The molecule has 1 rings (SSSR count). The zero-order valence-corrected chi connectivity index (χ0v) is 12.7. The topological polar surface area (TPSA) is 84.9 Å². The van der Waals surface area contributed by atoms with E-state index in [0.29, 0.717) is 29.9 Å². The number of carbonyl (C=O) groups excluding carboxylic acids is 1. The molecule has 0 heterocycles. The van der Waals surface area contributed by atoms with Crippen LogP contribution in [0.4, 0.5) is 0 Å². The molecule has 0 spiro atoms. The second-order valence-electron chi connectivity index (χ2n) is 4.62. The van der Waals surface area contributed by atoms with Gasteiger partial charge in [-0.2, -0.15) is 0 Å². The van der Waals surface area contributed by atoms with Gasteiger partial charge in [0.2, 0.25) is 0 Å². The smallest absolute Gasteiger partial charge is 0.329 e. The van der Waals surface area contributed by atoms with Crippen molar-refractivity contribution < 1.29 is 24.2 Å². The summed E-state index contributed by atoms with van der Waals surface area (Å²) in [6, 6.07) is 4.69. The lowest BCUT2D eigenvalue weighted by atomic mass is 9.92. The number of aliphatic carboxylic acids is 1. The van der Waals surface area contributed by atoms with Crippen LogP contribution in [0.3, 0.4) is 0 Å². The third-order valence-corrected chi connectivity index (χ3v) is 3.62. The number of benzene rings is 1. The fourth-order valence-electron chi connectivity index (χ4n) is 2.05. The van der Waals surface area contributed by atoms with Gasteiger partial charge >= 0.3 is 5.97 Å². The van der Waals surface area contributed by atoms with Crippen LogP contribution in [-0.2, 0) is 4.79 Å². The highest BCUT2D eigenvalue weighted by Crippen LogP contribution is 2.28. The molecule has 6 heteroatoms. The van der Waals surface area contributed by atoms with E-state index in [9.17, 15) is 14.7 Å². The maximum Gasteiger partial charge on any atom is 0.329 e. The third-order valence-electron chi connectivity index (χ3n) is 3.62. The molecule has 0 aliphatic carbocycles. The van der Waals surface area contributed by atoms with E-state index < -0.39 is 17.4 Å². The van der Waals surface area contributed by atoms with Gasteiger partial charge in [0.1, 0.15) is 5.54 Å². The first-order chi connectivity index (χ1) is 9.93. The molecule has 116 valence electrons. The molecule has 1 amide bonds. The quantitative estimate of drug-likeness (QED) is 0.804. The molecule has 0 aliphatic heterocycles. The van der Waals surface area contributed by atoms with Gasteiger partial charge in [0.15, 0.2) is 11.5 Å². The Morgan fingerprint density at radius 3 is 2.14 bits per heavy atom. The number of nitrogens with one attached hydrogen (secondary N) is 1. The van der Waals surface area contributed by atoms with Crippen molar-refractivity contribution >= 4 is 11.9 Å². The van der Waals surface area contributed by atoms with E-state index in [2.05, 4.69) is 5.32 Å². The van der Waals surface area contributed by atoms with E-state index in [-0.39, 0.29) is 0 Å². The van der Waals surface area contributed by atoms with E-state index in [1.807, 2.05) is 0 Å². The SMILES string of the molecule is CCC(CC)(NC(=O)c1ccc(OC)c(OC)c1)C(=O)O. The normalized spacial score (nSPS) is 10.9. The lowest BCUT2D eigenvalue weighted by Gasteiger charge is -2.28. The molecule has 1 aromatic carbocycles. The van der Waals surface area contributed by atoms with Gasteiger partial charge in [-0.15, -0.1) is 0 Å². The lowest BCUT2D eigenvalue weighted by Crippen LogP contribution is -2.53. The van der Waals surface area contributed by atoms with Crippen molar-refractivity contribution in [1.82, 2.24) is 5.32 Å². The van der Waals surface area contributed by atoms with Crippen molar-refractivity contribution in [1.29, 1.82) is 0 Å². The van der Waals surface area contributed by atoms with Crippen molar-refractivity contribution in [3.05, 3.63) is 23.8 Å². The van der Waals surface area contributed by atoms with E-state index in [4.69, 9.17) is 9.47 Å². The summed E-state index contributed by atoms with van der Waals surface area (Å²) in [6.07, 6.45) is 0.607. The summed E-state index contributed by atoms with van der Waals surface area (Å²) in [5.41, 5.74) is -0.940. The molecule has 21 heavy (non-hydrogen) atoms. The highest BCUT2D eigenvalue weighted by molar-refractivity contribution is 5.98. The second-order valence-corrected chi connectivity index (χ2v) is 4.62. The fourth-order valence-corrected chi connectivity index (χ4v) is 2.05. The lowest BCUT2D eigenvalue weighted by molar-refractivity contribution is -0.144. The summed E-state index contributed by atoms with van der Waals surface area (Å²) in [4.78, 5) is 23.7. The van der Waals surface area contributed by atoms with E-state index >= 15 is 0 Å². The first-order valence-corrected chi connectivity index (χ1v) is 6.72. The maximum absolute atomic E-state index is 12.3. The highest BCUT2D eigenvalue weighted by Gasteiger charge is 2.36. The minimum Gasteiger partial charge on any atom is -0.493 e. The number of rotatable bonds is 7. The molecule has 0 aliphatic rings. The van der Waals surface area contributed by atoms with Gasteiger partial charge in [-0.3, -0.25) is 4.79 Å². The van der Waals surface area contributed by atoms with Crippen LogP contribution < -0.4 is 14.8 Å². The minimum absolute atomic E-state index is 0.303. The Morgan fingerprint density at radius 1 is 1.14 bits per heavy atom. The van der Waals surface area contributed by atoms with Crippen molar-refractivity contribution in [2.24, 2.45) is 0 Å². The summed E-state index contributed by atoms with van der Waals surface area (Å²) in [5, 5.41) is 11.9. The predicted octanol–water partition coefficient (Wildman–Crippen LogP) is 2.08. The number of amides is 1. The zero-order chi connectivity index (χ0) is 16.0. The molecule has 2 N–H and O–H groups in total. The Bertz CT molecular complexity index is 523. The number of methoxy groups -OCH3 is 2. The molecule has 0 saturated carbocycles. The fraction of sp³-hybridized carbons (Fsp3) is 0.467. The molecular weight excluding hydrogens is 274 g/mol. The summed E-state index contributed by atoms with van der Waals surface area (Å²) in [7, 11) is 2.97. The van der Waals surface area contributed by atoms with Crippen molar-refractivity contribution in [3.63, 3.8) is 0 Å². The monoisotopic (exact) mass is 295 g/mol. The molecule has 0 bridgehead atoms. The van der Waals surface area contributed by atoms with Crippen molar-refractivity contribution in [2.75, 3.05) is 14.2 Å². The van der Waals surface area contributed by atoms with Gasteiger partial charge in [-0.25, -0.2) is 4.79 Å². The van der Waals surface area contributed by atoms with Crippen LogP contribution in [0.15, 0.2) is 18.2 Å². The molecule has 6 nitrogen and oxygen atoms in total. The van der Waals surface area contributed by atoms with E-state index in [0.717, 1.165) is 0 Å². The largest absolute Gasteiger partial charge is 0.493 e. The van der Waals surface area contributed by atoms with Crippen LogP contribution in [-0.4, -0.2) is 36.7 Å². The third kappa shape index (κ3) is 3.45. The van der Waals surface area contributed by atoms with Crippen LogP contribution in [0.5, 0.6) is 11.5 Å². The number of carboxylic acids is 1. The molecule has 0 atom stereocenters. The second kappa shape index (κ2) is 6.97. The Labute approximate surface area is 124 Å². The minimum atomic E-state index is -1.26. The molecule has 0 unspecified atom stereocenters. The number of hydrogen-bond acceptors (Lipinski definition) is 4. The van der Waals surface area contributed by atoms with Gasteiger partial charge < -0.3 is 19.9 Å². The molecule has 0 saturated heterocycles. The molecule has 1 aromatic rings. The molecule has 0 aromatic heterocycles. The van der Waals surface area contributed by atoms with Gasteiger partial charge in [-0.05, 0) is 31.0 Å². The average molecular weight is 295 g/mol. The van der Waals surface area contributed by atoms with Crippen LogP contribution in [0.1, 0.15) is 37.0 Å². The van der Waals surface area contributed by atoms with Crippen LogP contribution in [0.25, 0.3) is 0 Å².